The van der Waals surface area contributed by atoms with Crippen LogP contribution in [-0.4, -0.2) is 40.7 Å². The topological polar surface area (TPSA) is 71.3 Å². The monoisotopic (exact) mass is 372 g/mol. The second-order valence-electron chi connectivity index (χ2n) is 7.68. The average Bonchev–Trinajstić information content (AvgIpc) is 3.34. The molecule has 27 heavy (non-hydrogen) atoms. The van der Waals surface area contributed by atoms with Crippen LogP contribution in [0.25, 0.3) is 11.5 Å². The lowest BCUT2D eigenvalue weighted by Crippen LogP contribution is -2.49. The highest BCUT2D eigenvalue weighted by atomic mass is 19.1. The number of hydrogen-bond donors (Lipinski definition) is 1. The molecule has 0 bridgehead atoms. The third-order valence-electron chi connectivity index (χ3n) is 5.70. The Morgan fingerprint density at radius 2 is 2.00 bits per heavy atom. The fourth-order valence-electron chi connectivity index (χ4n) is 3.94. The van der Waals surface area contributed by atoms with Crippen molar-refractivity contribution in [3.8, 4) is 11.5 Å². The molecular formula is C20H25FN4O2. The maximum atomic E-state index is 13.2. The van der Waals surface area contributed by atoms with Gasteiger partial charge in [-0.25, -0.2) is 9.18 Å². The van der Waals surface area contributed by atoms with Crippen molar-refractivity contribution < 1.29 is 13.7 Å². The molecule has 6 nitrogen and oxygen atoms in total. The minimum atomic E-state index is -0.290. The molecule has 144 valence electrons. The average molecular weight is 372 g/mol. The first-order valence-electron chi connectivity index (χ1n) is 9.72. The van der Waals surface area contributed by atoms with Crippen LogP contribution in [-0.2, 0) is 5.41 Å². The normalized spacial score (nSPS) is 19.1. The summed E-state index contributed by atoms with van der Waals surface area (Å²) in [6.45, 7) is 3.95. The van der Waals surface area contributed by atoms with E-state index in [4.69, 9.17) is 4.52 Å². The number of urea groups is 1. The summed E-state index contributed by atoms with van der Waals surface area (Å²) in [6.07, 6.45) is 5.22. The summed E-state index contributed by atoms with van der Waals surface area (Å²) in [5.41, 5.74) is 0.572. The van der Waals surface area contributed by atoms with E-state index in [1.54, 1.807) is 12.1 Å². The summed E-state index contributed by atoms with van der Waals surface area (Å²) in [6, 6.07) is 6.08. The van der Waals surface area contributed by atoms with E-state index < -0.39 is 0 Å². The number of halogens is 1. The maximum Gasteiger partial charge on any atom is 0.317 e. The zero-order valence-corrected chi connectivity index (χ0v) is 15.6. The van der Waals surface area contributed by atoms with Crippen LogP contribution in [0.1, 0.15) is 44.9 Å². The van der Waals surface area contributed by atoms with Crippen LogP contribution < -0.4 is 5.32 Å². The van der Waals surface area contributed by atoms with Gasteiger partial charge in [0, 0.05) is 30.6 Å². The van der Waals surface area contributed by atoms with Crippen molar-refractivity contribution in [2.75, 3.05) is 19.6 Å². The van der Waals surface area contributed by atoms with Gasteiger partial charge in [0.15, 0.2) is 5.82 Å². The van der Waals surface area contributed by atoms with Crippen LogP contribution in [0.5, 0.6) is 0 Å². The van der Waals surface area contributed by atoms with Gasteiger partial charge in [-0.1, -0.05) is 18.0 Å². The number of nitrogens with one attached hydrogen (secondary N) is 1. The van der Waals surface area contributed by atoms with Crippen molar-refractivity contribution in [3.63, 3.8) is 0 Å². The van der Waals surface area contributed by atoms with Gasteiger partial charge in [0.1, 0.15) is 5.82 Å². The number of amides is 2. The van der Waals surface area contributed by atoms with E-state index in [2.05, 4.69) is 15.5 Å². The van der Waals surface area contributed by atoms with E-state index >= 15 is 0 Å². The first-order valence-corrected chi connectivity index (χ1v) is 9.72. The molecule has 2 fully saturated rings. The summed E-state index contributed by atoms with van der Waals surface area (Å²) in [5, 5.41) is 7.17. The molecule has 2 aliphatic rings. The fourth-order valence-corrected chi connectivity index (χ4v) is 3.94. The van der Waals surface area contributed by atoms with Gasteiger partial charge in [-0.05, 0) is 56.4 Å². The summed E-state index contributed by atoms with van der Waals surface area (Å²) >= 11 is 0. The van der Waals surface area contributed by atoms with Gasteiger partial charge < -0.3 is 14.7 Å². The quantitative estimate of drug-likeness (QED) is 0.868. The number of carbonyl (C=O) groups is 1. The highest BCUT2D eigenvalue weighted by Crippen LogP contribution is 2.46. The molecule has 1 aliphatic heterocycles. The molecule has 0 spiro atoms. The van der Waals surface area contributed by atoms with Crippen molar-refractivity contribution in [1.82, 2.24) is 20.4 Å². The van der Waals surface area contributed by atoms with Crippen LogP contribution in [0, 0.1) is 11.7 Å². The minimum Gasteiger partial charge on any atom is -0.338 e. The SMILES string of the molecule is CCNC(=O)N1CCC(CC2CC2)(c2noc(-c3ccc(F)cc3)n2)CC1. The molecule has 7 heteroatoms. The lowest BCUT2D eigenvalue weighted by molar-refractivity contribution is 0.145. The Morgan fingerprint density at radius 3 is 2.63 bits per heavy atom. The van der Waals surface area contributed by atoms with E-state index in [-0.39, 0.29) is 17.3 Å². The van der Waals surface area contributed by atoms with Gasteiger partial charge in [-0.3, -0.25) is 0 Å². The van der Waals surface area contributed by atoms with Crippen molar-refractivity contribution in [3.05, 3.63) is 35.9 Å². The van der Waals surface area contributed by atoms with Crippen LogP contribution in [0.4, 0.5) is 9.18 Å². The molecule has 0 atom stereocenters. The Kier molecular flexibility index (Phi) is 4.85. The zero-order valence-electron chi connectivity index (χ0n) is 15.6. The molecule has 1 aromatic carbocycles. The van der Waals surface area contributed by atoms with Crippen molar-refractivity contribution in [2.45, 2.75) is 44.4 Å². The summed E-state index contributed by atoms with van der Waals surface area (Å²) in [7, 11) is 0. The Balaban J connectivity index is 1.54. The molecule has 2 aromatic rings. The van der Waals surface area contributed by atoms with Crippen molar-refractivity contribution in [1.29, 1.82) is 0 Å². The first kappa shape index (κ1) is 17.9. The molecule has 0 radical (unpaired) electrons. The third-order valence-corrected chi connectivity index (χ3v) is 5.70. The van der Waals surface area contributed by atoms with E-state index in [9.17, 15) is 9.18 Å². The van der Waals surface area contributed by atoms with Crippen molar-refractivity contribution in [2.24, 2.45) is 5.92 Å². The zero-order chi connectivity index (χ0) is 18.9. The number of benzene rings is 1. The molecule has 1 saturated carbocycles. The summed E-state index contributed by atoms with van der Waals surface area (Å²) in [5.74, 6) is 1.57. The number of hydrogen-bond acceptors (Lipinski definition) is 4. The van der Waals surface area contributed by atoms with E-state index in [0.717, 1.165) is 30.7 Å². The highest BCUT2D eigenvalue weighted by molar-refractivity contribution is 5.74. The second-order valence-corrected chi connectivity index (χ2v) is 7.68. The molecule has 1 N–H and O–H groups in total. The Morgan fingerprint density at radius 1 is 1.30 bits per heavy atom. The van der Waals surface area contributed by atoms with Gasteiger partial charge >= 0.3 is 6.03 Å². The van der Waals surface area contributed by atoms with Gasteiger partial charge in [-0.2, -0.15) is 4.98 Å². The molecular weight excluding hydrogens is 347 g/mol. The Bertz CT molecular complexity index is 793. The van der Waals surface area contributed by atoms with E-state index in [1.165, 1.54) is 25.0 Å². The van der Waals surface area contributed by atoms with Crippen LogP contribution in [0.3, 0.4) is 0 Å². The molecule has 1 aliphatic carbocycles. The number of nitrogens with zero attached hydrogens (tertiary/aromatic N) is 3. The van der Waals surface area contributed by atoms with Crippen LogP contribution in [0.2, 0.25) is 0 Å². The Hall–Kier alpha value is -2.44. The highest BCUT2D eigenvalue weighted by Gasteiger charge is 2.44. The van der Waals surface area contributed by atoms with Gasteiger partial charge in [-0.15, -0.1) is 0 Å². The fraction of sp³-hybridized carbons (Fsp3) is 0.550. The molecule has 4 rings (SSSR count). The number of piperidine rings is 1. The number of carbonyl (C=O) groups excluding carboxylic acids is 1. The molecule has 2 heterocycles. The molecule has 1 saturated heterocycles. The summed E-state index contributed by atoms with van der Waals surface area (Å²) < 4.78 is 18.7. The van der Waals surface area contributed by atoms with Gasteiger partial charge in [0.25, 0.3) is 5.89 Å². The first-order chi connectivity index (χ1) is 13.1. The third kappa shape index (κ3) is 3.82. The van der Waals surface area contributed by atoms with Gasteiger partial charge in [0.05, 0.1) is 0 Å². The lowest BCUT2D eigenvalue weighted by Gasteiger charge is -2.40. The predicted octanol–water partition coefficient (Wildman–Crippen LogP) is 3.74. The van der Waals surface area contributed by atoms with E-state index in [0.29, 0.717) is 31.4 Å². The van der Waals surface area contributed by atoms with E-state index in [1.807, 2.05) is 11.8 Å². The molecule has 0 unspecified atom stereocenters. The van der Waals surface area contributed by atoms with Gasteiger partial charge in [0.2, 0.25) is 0 Å². The number of likely N-dealkylation sites (tertiary alicyclic amines) is 1. The smallest absolute Gasteiger partial charge is 0.317 e. The standard InChI is InChI=1S/C20H25FN4O2/c1-2-22-19(26)25-11-9-20(10-12-25,13-14-3-4-14)18-23-17(27-24-18)15-5-7-16(21)8-6-15/h5-8,14H,2-4,9-13H2,1H3,(H,22,26). The number of rotatable bonds is 5. The largest absolute Gasteiger partial charge is 0.338 e. The van der Waals surface area contributed by atoms with Crippen LogP contribution in [0.15, 0.2) is 28.8 Å². The second kappa shape index (κ2) is 7.29. The number of aromatic nitrogens is 2. The van der Waals surface area contributed by atoms with Crippen molar-refractivity contribution >= 4 is 6.03 Å². The molecule has 1 aromatic heterocycles. The predicted molar refractivity (Wildman–Crippen MR) is 98.6 cm³/mol. The van der Waals surface area contributed by atoms with Crippen LogP contribution >= 0.6 is 0 Å². The summed E-state index contributed by atoms with van der Waals surface area (Å²) in [4.78, 5) is 18.7. The maximum absolute atomic E-state index is 13.2. The Labute approximate surface area is 158 Å². The molecule has 2 amide bonds. The minimum absolute atomic E-state index is 0.00219. The lowest BCUT2D eigenvalue weighted by atomic mass is 9.73.